The molecule has 7 heteroatoms. The van der Waals surface area contributed by atoms with Crippen molar-refractivity contribution in [2.75, 3.05) is 5.32 Å². The maximum absolute atomic E-state index is 11.8. The Morgan fingerprint density at radius 1 is 1.33 bits per heavy atom. The molecule has 0 aliphatic carbocycles. The third-order valence-corrected chi connectivity index (χ3v) is 2.84. The van der Waals surface area contributed by atoms with Crippen LogP contribution < -0.4 is 10.6 Å². The molecule has 0 spiro atoms. The van der Waals surface area contributed by atoms with Crippen molar-refractivity contribution in [3.05, 3.63) is 46.8 Å². The number of rotatable bonds is 4. The summed E-state index contributed by atoms with van der Waals surface area (Å²) < 4.78 is 4.96. The fourth-order valence-corrected chi connectivity index (χ4v) is 1.84. The second-order valence-electron chi connectivity index (χ2n) is 4.54. The number of aromatic nitrogens is 1. The van der Waals surface area contributed by atoms with Crippen molar-refractivity contribution < 1.29 is 19.2 Å². The summed E-state index contributed by atoms with van der Waals surface area (Å²) in [6, 6.07) is 5.98. The van der Waals surface area contributed by atoms with Crippen LogP contribution in [0, 0.1) is 13.8 Å². The second-order valence-corrected chi connectivity index (χ2v) is 4.54. The third kappa shape index (κ3) is 3.59. The number of nitrogens with one attached hydrogen (secondary N) is 2. The van der Waals surface area contributed by atoms with Gasteiger partial charge in [-0.3, -0.25) is 0 Å². The molecule has 1 aromatic carbocycles. The molecule has 2 rings (SSSR count). The molecule has 1 aromatic heterocycles. The number of aryl methyl sites for hydroxylation is 2. The van der Waals surface area contributed by atoms with Crippen molar-refractivity contribution in [2.45, 2.75) is 20.4 Å². The van der Waals surface area contributed by atoms with Gasteiger partial charge in [0.25, 0.3) is 0 Å². The molecule has 0 fully saturated rings. The average molecular weight is 289 g/mol. The first kappa shape index (κ1) is 14.6. The summed E-state index contributed by atoms with van der Waals surface area (Å²) in [7, 11) is 0. The Bertz CT molecular complexity index is 679. The normalized spacial score (nSPS) is 10.2. The molecule has 0 bridgehead atoms. The molecule has 0 unspecified atom stereocenters. The number of amides is 2. The number of urea groups is 1. The van der Waals surface area contributed by atoms with Gasteiger partial charge >= 0.3 is 12.0 Å². The molecule has 110 valence electrons. The SMILES string of the molecule is Cc1cc(CNC(=O)Nc2c(C)cccc2C(=O)O)on1. The van der Waals surface area contributed by atoms with E-state index in [9.17, 15) is 9.59 Å². The highest BCUT2D eigenvalue weighted by Crippen LogP contribution is 2.20. The Morgan fingerprint density at radius 2 is 2.10 bits per heavy atom. The number of carboxylic acid groups (broad SMARTS) is 1. The summed E-state index contributed by atoms with van der Waals surface area (Å²) in [5.74, 6) is -0.578. The summed E-state index contributed by atoms with van der Waals surface area (Å²) >= 11 is 0. The van der Waals surface area contributed by atoms with Gasteiger partial charge in [0.05, 0.1) is 23.5 Å². The summed E-state index contributed by atoms with van der Waals surface area (Å²) in [5.41, 5.74) is 1.71. The van der Waals surface area contributed by atoms with E-state index in [1.165, 1.54) is 6.07 Å². The molecule has 1 heterocycles. The van der Waals surface area contributed by atoms with Crippen molar-refractivity contribution in [1.29, 1.82) is 0 Å². The van der Waals surface area contributed by atoms with Crippen LogP contribution in [-0.4, -0.2) is 22.3 Å². The number of carboxylic acids is 1. The molecule has 0 radical (unpaired) electrons. The van der Waals surface area contributed by atoms with Crippen LogP contribution in [0.2, 0.25) is 0 Å². The lowest BCUT2D eigenvalue weighted by molar-refractivity contribution is 0.0698. The largest absolute Gasteiger partial charge is 0.478 e. The first-order chi connectivity index (χ1) is 9.97. The predicted molar refractivity (Wildman–Crippen MR) is 75.2 cm³/mol. The molecule has 21 heavy (non-hydrogen) atoms. The fourth-order valence-electron chi connectivity index (χ4n) is 1.84. The summed E-state index contributed by atoms with van der Waals surface area (Å²) in [5, 5.41) is 17.9. The smallest absolute Gasteiger partial charge is 0.337 e. The maximum atomic E-state index is 11.8. The number of anilines is 1. The van der Waals surface area contributed by atoms with E-state index in [4.69, 9.17) is 9.63 Å². The van der Waals surface area contributed by atoms with Crippen molar-refractivity contribution in [3.8, 4) is 0 Å². The van der Waals surface area contributed by atoms with Gasteiger partial charge in [0.15, 0.2) is 5.76 Å². The quantitative estimate of drug-likeness (QED) is 0.801. The highest BCUT2D eigenvalue weighted by atomic mass is 16.5. The fraction of sp³-hybridized carbons (Fsp3) is 0.214. The standard InChI is InChI=1S/C14H15N3O4/c1-8-4-3-5-11(13(18)19)12(8)16-14(20)15-7-10-6-9(2)17-21-10/h3-6H,7H2,1-2H3,(H,18,19)(H2,15,16,20). The summed E-state index contributed by atoms with van der Waals surface area (Å²) in [6.07, 6.45) is 0. The Balaban J connectivity index is 2.04. The van der Waals surface area contributed by atoms with Crippen molar-refractivity contribution in [1.82, 2.24) is 10.5 Å². The van der Waals surface area contributed by atoms with Crippen LogP contribution in [0.5, 0.6) is 0 Å². The van der Waals surface area contributed by atoms with Crippen molar-refractivity contribution in [2.24, 2.45) is 0 Å². The molecule has 0 saturated carbocycles. The highest BCUT2D eigenvalue weighted by molar-refractivity contribution is 6.00. The number of benzene rings is 1. The molecule has 0 aliphatic rings. The van der Waals surface area contributed by atoms with E-state index >= 15 is 0 Å². The molecule has 0 aliphatic heterocycles. The van der Waals surface area contributed by atoms with Gasteiger partial charge in [-0.15, -0.1) is 0 Å². The van der Waals surface area contributed by atoms with Gasteiger partial charge in [-0.25, -0.2) is 9.59 Å². The summed E-state index contributed by atoms with van der Waals surface area (Å²) in [4.78, 5) is 23.0. The van der Waals surface area contributed by atoms with Gasteiger partial charge in [-0.2, -0.15) is 0 Å². The number of hydrogen-bond acceptors (Lipinski definition) is 4. The number of para-hydroxylation sites is 1. The molecule has 2 aromatic rings. The van der Waals surface area contributed by atoms with Crippen LogP contribution >= 0.6 is 0 Å². The Kier molecular flexibility index (Phi) is 4.22. The van der Waals surface area contributed by atoms with Gasteiger partial charge in [0.2, 0.25) is 0 Å². The Morgan fingerprint density at radius 3 is 2.71 bits per heavy atom. The van der Waals surface area contributed by atoms with E-state index < -0.39 is 12.0 Å². The molecule has 0 atom stereocenters. The molecular weight excluding hydrogens is 274 g/mol. The number of nitrogens with zero attached hydrogens (tertiary/aromatic N) is 1. The maximum Gasteiger partial charge on any atom is 0.337 e. The molecular formula is C14H15N3O4. The van der Waals surface area contributed by atoms with E-state index in [0.29, 0.717) is 11.3 Å². The first-order valence-corrected chi connectivity index (χ1v) is 6.27. The van der Waals surface area contributed by atoms with Crippen LogP contribution in [0.4, 0.5) is 10.5 Å². The van der Waals surface area contributed by atoms with Crippen LogP contribution in [0.3, 0.4) is 0 Å². The number of carbonyl (C=O) groups is 2. The van der Waals surface area contributed by atoms with Gasteiger partial charge in [-0.1, -0.05) is 17.3 Å². The second kappa shape index (κ2) is 6.08. The van der Waals surface area contributed by atoms with E-state index in [1.807, 2.05) is 0 Å². The minimum atomic E-state index is -1.10. The minimum Gasteiger partial charge on any atom is -0.478 e. The molecule has 0 saturated heterocycles. The molecule has 2 amide bonds. The van der Waals surface area contributed by atoms with Crippen molar-refractivity contribution in [3.63, 3.8) is 0 Å². The number of hydrogen-bond donors (Lipinski definition) is 3. The minimum absolute atomic E-state index is 0.0423. The zero-order valence-corrected chi connectivity index (χ0v) is 11.6. The van der Waals surface area contributed by atoms with Gasteiger partial charge in [-0.05, 0) is 25.5 Å². The zero-order chi connectivity index (χ0) is 15.4. The average Bonchev–Trinajstić information content (AvgIpc) is 2.84. The summed E-state index contributed by atoms with van der Waals surface area (Å²) in [6.45, 7) is 3.67. The zero-order valence-electron chi connectivity index (χ0n) is 11.6. The lowest BCUT2D eigenvalue weighted by Gasteiger charge is -2.11. The van der Waals surface area contributed by atoms with E-state index in [2.05, 4.69) is 15.8 Å². The highest BCUT2D eigenvalue weighted by Gasteiger charge is 2.14. The van der Waals surface area contributed by atoms with Crippen LogP contribution in [-0.2, 0) is 6.54 Å². The van der Waals surface area contributed by atoms with Crippen LogP contribution in [0.15, 0.2) is 28.8 Å². The van der Waals surface area contributed by atoms with E-state index in [0.717, 1.165) is 5.69 Å². The Hall–Kier alpha value is -2.83. The predicted octanol–water partition coefficient (Wildman–Crippen LogP) is 2.31. The lowest BCUT2D eigenvalue weighted by atomic mass is 10.1. The monoisotopic (exact) mass is 289 g/mol. The van der Waals surface area contributed by atoms with Gasteiger partial charge < -0.3 is 20.3 Å². The number of aromatic carboxylic acids is 1. The lowest BCUT2D eigenvalue weighted by Crippen LogP contribution is -2.29. The van der Waals surface area contributed by atoms with E-state index in [1.54, 1.807) is 32.0 Å². The van der Waals surface area contributed by atoms with Crippen LogP contribution in [0.1, 0.15) is 27.4 Å². The van der Waals surface area contributed by atoms with Crippen molar-refractivity contribution >= 4 is 17.7 Å². The topological polar surface area (TPSA) is 104 Å². The van der Waals surface area contributed by atoms with Crippen LogP contribution in [0.25, 0.3) is 0 Å². The van der Waals surface area contributed by atoms with E-state index in [-0.39, 0.29) is 17.8 Å². The molecule has 7 nitrogen and oxygen atoms in total. The third-order valence-electron chi connectivity index (χ3n) is 2.84. The first-order valence-electron chi connectivity index (χ1n) is 6.27. The Labute approximate surface area is 120 Å². The molecule has 3 N–H and O–H groups in total. The van der Waals surface area contributed by atoms with Gasteiger partial charge in [0, 0.05) is 6.07 Å². The number of carbonyl (C=O) groups excluding carboxylic acids is 1. The van der Waals surface area contributed by atoms with Gasteiger partial charge in [0.1, 0.15) is 0 Å².